The van der Waals surface area contributed by atoms with Gasteiger partial charge in [-0.3, -0.25) is 0 Å². The monoisotopic (exact) mass is 194 g/mol. The molecule has 0 fully saturated rings. The number of anilines is 1. The van der Waals surface area contributed by atoms with Gasteiger partial charge in [-0.2, -0.15) is 0 Å². The molecule has 1 heterocycles. The summed E-state index contributed by atoms with van der Waals surface area (Å²) >= 11 is 0. The van der Waals surface area contributed by atoms with Crippen LogP contribution in [0.4, 0.5) is 5.82 Å². The zero-order chi connectivity index (χ0) is 10.4. The van der Waals surface area contributed by atoms with E-state index < -0.39 is 0 Å². The van der Waals surface area contributed by atoms with Crippen LogP contribution in [0.5, 0.6) is 0 Å². The first-order valence-corrected chi connectivity index (χ1v) is 4.94. The number of nitrogens with zero attached hydrogens (tertiary/aromatic N) is 2. The van der Waals surface area contributed by atoms with Gasteiger partial charge in [0.1, 0.15) is 5.82 Å². The lowest BCUT2D eigenvalue weighted by atomic mass is 10.3. The molecule has 0 radical (unpaired) electrons. The Kier molecular flexibility index (Phi) is 4.40. The predicted octanol–water partition coefficient (Wildman–Crippen LogP) is 1.86. The molecule has 0 bridgehead atoms. The fraction of sp³-hybridized carbons (Fsp3) is 0.545. The second-order valence-electron chi connectivity index (χ2n) is 3.27. The molecule has 78 valence electrons. The standard InChI is InChI=1S/C11H18N2O/c1-4-13(7-8-14-3)11-6-5-10(2)9-12-11/h5-6,9H,4,7-8H2,1-3H3. The molecular formula is C11H18N2O. The zero-order valence-electron chi connectivity index (χ0n) is 9.16. The molecule has 3 nitrogen and oxygen atoms in total. The van der Waals surface area contributed by atoms with Crippen molar-refractivity contribution in [3.05, 3.63) is 23.9 Å². The summed E-state index contributed by atoms with van der Waals surface area (Å²) in [5.41, 5.74) is 1.19. The van der Waals surface area contributed by atoms with E-state index >= 15 is 0 Å². The third-order valence-electron chi connectivity index (χ3n) is 2.17. The van der Waals surface area contributed by atoms with Gasteiger partial charge in [-0.15, -0.1) is 0 Å². The number of pyridine rings is 1. The fourth-order valence-corrected chi connectivity index (χ4v) is 1.28. The van der Waals surface area contributed by atoms with Gasteiger partial charge in [-0.1, -0.05) is 6.07 Å². The van der Waals surface area contributed by atoms with Crippen LogP contribution in [0, 0.1) is 6.92 Å². The van der Waals surface area contributed by atoms with Crippen LogP contribution in [0.1, 0.15) is 12.5 Å². The quantitative estimate of drug-likeness (QED) is 0.715. The van der Waals surface area contributed by atoms with E-state index in [4.69, 9.17) is 4.74 Å². The van der Waals surface area contributed by atoms with Gasteiger partial charge in [0.15, 0.2) is 0 Å². The minimum Gasteiger partial charge on any atom is -0.383 e. The van der Waals surface area contributed by atoms with Crippen molar-refractivity contribution in [3.63, 3.8) is 0 Å². The average Bonchev–Trinajstić information content (AvgIpc) is 2.21. The molecule has 0 aliphatic heterocycles. The lowest BCUT2D eigenvalue weighted by Crippen LogP contribution is -2.27. The third kappa shape index (κ3) is 3.00. The summed E-state index contributed by atoms with van der Waals surface area (Å²) in [7, 11) is 1.72. The van der Waals surface area contributed by atoms with Crippen molar-refractivity contribution in [2.75, 3.05) is 31.7 Å². The number of hydrogen-bond donors (Lipinski definition) is 0. The molecule has 3 heteroatoms. The fourth-order valence-electron chi connectivity index (χ4n) is 1.28. The predicted molar refractivity (Wildman–Crippen MR) is 58.7 cm³/mol. The Morgan fingerprint density at radius 3 is 2.71 bits per heavy atom. The van der Waals surface area contributed by atoms with Crippen molar-refractivity contribution in [1.82, 2.24) is 4.98 Å². The second kappa shape index (κ2) is 5.60. The summed E-state index contributed by atoms with van der Waals surface area (Å²) in [6.45, 7) is 6.76. The van der Waals surface area contributed by atoms with Crippen LogP contribution in [0.2, 0.25) is 0 Å². The Balaban J connectivity index is 2.64. The molecule has 14 heavy (non-hydrogen) atoms. The Morgan fingerprint density at radius 1 is 1.43 bits per heavy atom. The minimum atomic E-state index is 0.739. The molecule has 1 rings (SSSR count). The highest BCUT2D eigenvalue weighted by Crippen LogP contribution is 2.09. The zero-order valence-corrected chi connectivity index (χ0v) is 9.16. The Bertz CT molecular complexity index is 258. The molecule has 0 N–H and O–H groups in total. The Morgan fingerprint density at radius 2 is 2.21 bits per heavy atom. The highest BCUT2D eigenvalue weighted by molar-refractivity contribution is 5.38. The van der Waals surface area contributed by atoms with E-state index in [2.05, 4.69) is 28.9 Å². The van der Waals surface area contributed by atoms with Gasteiger partial charge >= 0.3 is 0 Å². The number of aryl methyl sites for hydroxylation is 1. The van der Waals surface area contributed by atoms with E-state index in [9.17, 15) is 0 Å². The van der Waals surface area contributed by atoms with Gasteiger partial charge in [-0.25, -0.2) is 4.98 Å². The van der Waals surface area contributed by atoms with Gasteiger partial charge in [-0.05, 0) is 25.5 Å². The van der Waals surface area contributed by atoms with Crippen molar-refractivity contribution in [3.8, 4) is 0 Å². The van der Waals surface area contributed by atoms with E-state index in [0.717, 1.165) is 25.5 Å². The number of aromatic nitrogens is 1. The Hall–Kier alpha value is -1.09. The highest BCUT2D eigenvalue weighted by Gasteiger charge is 2.03. The average molecular weight is 194 g/mol. The van der Waals surface area contributed by atoms with Crippen molar-refractivity contribution in [1.29, 1.82) is 0 Å². The van der Waals surface area contributed by atoms with E-state index in [1.165, 1.54) is 5.56 Å². The summed E-state index contributed by atoms with van der Waals surface area (Å²) in [6.07, 6.45) is 1.89. The number of ether oxygens (including phenoxy) is 1. The van der Waals surface area contributed by atoms with Gasteiger partial charge in [0.2, 0.25) is 0 Å². The molecule has 0 spiro atoms. The van der Waals surface area contributed by atoms with E-state index in [-0.39, 0.29) is 0 Å². The van der Waals surface area contributed by atoms with E-state index in [1.807, 2.05) is 13.1 Å². The molecule has 0 amide bonds. The molecular weight excluding hydrogens is 176 g/mol. The smallest absolute Gasteiger partial charge is 0.128 e. The minimum absolute atomic E-state index is 0.739. The van der Waals surface area contributed by atoms with Crippen molar-refractivity contribution >= 4 is 5.82 Å². The van der Waals surface area contributed by atoms with Crippen LogP contribution < -0.4 is 4.90 Å². The lowest BCUT2D eigenvalue weighted by molar-refractivity contribution is 0.205. The summed E-state index contributed by atoms with van der Waals surface area (Å²) in [4.78, 5) is 6.57. The Labute approximate surface area is 85.7 Å². The van der Waals surface area contributed by atoms with Crippen LogP contribution >= 0.6 is 0 Å². The molecule has 0 unspecified atom stereocenters. The molecule has 1 aromatic rings. The van der Waals surface area contributed by atoms with Gasteiger partial charge in [0, 0.05) is 26.4 Å². The van der Waals surface area contributed by atoms with Crippen LogP contribution in [0.15, 0.2) is 18.3 Å². The second-order valence-corrected chi connectivity index (χ2v) is 3.27. The highest BCUT2D eigenvalue weighted by atomic mass is 16.5. The SMILES string of the molecule is CCN(CCOC)c1ccc(C)cn1. The first-order valence-electron chi connectivity index (χ1n) is 4.94. The van der Waals surface area contributed by atoms with Gasteiger partial charge < -0.3 is 9.64 Å². The molecule has 0 saturated carbocycles. The van der Waals surface area contributed by atoms with Gasteiger partial charge in [0.25, 0.3) is 0 Å². The van der Waals surface area contributed by atoms with E-state index in [1.54, 1.807) is 7.11 Å². The summed E-state index contributed by atoms with van der Waals surface area (Å²) in [5, 5.41) is 0. The van der Waals surface area contributed by atoms with Crippen LogP contribution in [-0.4, -0.2) is 31.8 Å². The third-order valence-corrected chi connectivity index (χ3v) is 2.17. The summed E-state index contributed by atoms with van der Waals surface area (Å²) < 4.78 is 5.05. The van der Waals surface area contributed by atoms with Crippen molar-refractivity contribution in [2.45, 2.75) is 13.8 Å². The molecule has 0 aromatic carbocycles. The molecule has 0 aliphatic carbocycles. The summed E-state index contributed by atoms with van der Waals surface area (Å²) in [5.74, 6) is 1.02. The number of rotatable bonds is 5. The lowest BCUT2D eigenvalue weighted by Gasteiger charge is -2.21. The maximum Gasteiger partial charge on any atom is 0.128 e. The molecule has 0 saturated heterocycles. The molecule has 0 atom stereocenters. The van der Waals surface area contributed by atoms with Crippen LogP contribution in [0.25, 0.3) is 0 Å². The first kappa shape index (κ1) is 11.0. The molecule has 1 aromatic heterocycles. The number of hydrogen-bond acceptors (Lipinski definition) is 3. The summed E-state index contributed by atoms with van der Waals surface area (Å²) in [6, 6.07) is 4.13. The number of likely N-dealkylation sites (N-methyl/N-ethyl adjacent to an activating group) is 1. The molecule has 0 aliphatic rings. The maximum atomic E-state index is 5.05. The van der Waals surface area contributed by atoms with Crippen LogP contribution in [-0.2, 0) is 4.74 Å². The largest absolute Gasteiger partial charge is 0.383 e. The van der Waals surface area contributed by atoms with Crippen LogP contribution in [0.3, 0.4) is 0 Å². The normalized spacial score (nSPS) is 10.2. The van der Waals surface area contributed by atoms with Gasteiger partial charge in [0.05, 0.1) is 6.61 Å². The maximum absolute atomic E-state index is 5.05. The van der Waals surface area contributed by atoms with Crippen molar-refractivity contribution < 1.29 is 4.74 Å². The van der Waals surface area contributed by atoms with E-state index in [0.29, 0.717) is 0 Å². The number of methoxy groups -OCH3 is 1. The van der Waals surface area contributed by atoms with Crippen molar-refractivity contribution in [2.24, 2.45) is 0 Å². The first-order chi connectivity index (χ1) is 6.77. The topological polar surface area (TPSA) is 25.4 Å².